The summed E-state index contributed by atoms with van der Waals surface area (Å²) in [5, 5.41) is 5.68. The smallest absolute Gasteiger partial charge is 0.262 e. The summed E-state index contributed by atoms with van der Waals surface area (Å²) in [5.74, 6) is -0.455. The van der Waals surface area contributed by atoms with E-state index >= 15 is 0 Å². The van der Waals surface area contributed by atoms with Crippen molar-refractivity contribution in [3.8, 4) is 0 Å². The van der Waals surface area contributed by atoms with Crippen LogP contribution in [0.25, 0.3) is 0 Å². The maximum Gasteiger partial charge on any atom is 0.262 e. The number of carbonyl (C=O) groups is 1. The van der Waals surface area contributed by atoms with E-state index < -0.39 is 22.1 Å². The zero-order chi connectivity index (χ0) is 16.4. The van der Waals surface area contributed by atoms with Crippen LogP contribution in [0.3, 0.4) is 0 Å². The highest BCUT2D eigenvalue weighted by Crippen LogP contribution is 2.25. The van der Waals surface area contributed by atoms with E-state index in [-0.39, 0.29) is 4.90 Å². The van der Waals surface area contributed by atoms with Gasteiger partial charge in [-0.05, 0) is 30.2 Å². The summed E-state index contributed by atoms with van der Waals surface area (Å²) in [5.41, 5.74) is 2.08. The van der Waals surface area contributed by atoms with E-state index in [1.807, 2.05) is 25.1 Å². The molecule has 2 aromatic rings. The van der Waals surface area contributed by atoms with Crippen molar-refractivity contribution in [2.75, 3.05) is 10.6 Å². The first-order valence-electron chi connectivity index (χ1n) is 7.28. The van der Waals surface area contributed by atoms with Crippen molar-refractivity contribution in [1.29, 1.82) is 0 Å². The van der Waals surface area contributed by atoms with Crippen LogP contribution in [0.5, 0.6) is 0 Å². The van der Waals surface area contributed by atoms with E-state index in [2.05, 4.69) is 15.4 Å². The normalized spacial score (nSPS) is 18.6. The van der Waals surface area contributed by atoms with Gasteiger partial charge in [0.2, 0.25) is 10.0 Å². The standard InChI is InChI=1S/C16H17N3O3S/c1-2-11-7-3-4-8-12(11)18-16(20)15-17-13-9-5-6-10-14(13)23(21,22)19-15/h3-10,15,17,19H,2H2,1H3,(H,18,20)/t15-/m0/s1. The number of nitrogens with one attached hydrogen (secondary N) is 3. The third-order valence-corrected chi connectivity index (χ3v) is 5.15. The number of hydrogen-bond donors (Lipinski definition) is 3. The average molecular weight is 331 g/mol. The molecule has 1 heterocycles. The molecule has 1 amide bonds. The number of anilines is 2. The van der Waals surface area contributed by atoms with Crippen LogP contribution in [0.2, 0.25) is 0 Å². The number of rotatable bonds is 3. The van der Waals surface area contributed by atoms with Crippen LogP contribution in [-0.4, -0.2) is 20.5 Å². The lowest BCUT2D eigenvalue weighted by Crippen LogP contribution is -2.51. The third kappa shape index (κ3) is 3.06. The Labute approximate surface area is 135 Å². The lowest BCUT2D eigenvalue weighted by molar-refractivity contribution is -0.117. The highest BCUT2D eigenvalue weighted by atomic mass is 32.2. The van der Waals surface area contributed by atoms with Crippen LogP contribution in [-0.2, 0) is 21.2 Å². The third-order valence-electron chi connectivity index (χ3n) is 3.67. The molecule has 0 fully saturated rings. The zero-order valence-corrected chi connectivity index (χ0v) is 13.4. The van der Waals surface area contributed by atoms with Crippen LogP contribution in [0, 0.1) is 0 Å². The van der Waals surface area contributed by atoms with Crippen LogP contribution in [0.15, 0.2) is 53.4 Å². The molecule has 0 saturated heterocycles. The highest BCUT2D eigenvalue weighted by molar-refractivity contribution is 7.89. The van der Waals surface area contributed by atoms with E-state index in [4.69, 9.17) is 0 Å². The molecule has 23 heavy (non-hydrogen) atoms. The lowest BCUT2D eigenvalue weighted by Gasteiger charge is -2.27. The molecule has 3 rings (SSSR count). The van der Waals surface area contributed by atoms with Gasteiger partial charge in [-0.15, -0.1) is 0 Å². The molecule has 6 nitrogen and oxygen atoms in total. The number of benzene rings is 2. The number of hydrogen-bond acceptors (Lipinski definition) is 4. The SMILES string of the molecule is CCc1ccccc1NC(=O)[C@H]1Nc2ccccc2S(=O)(=O)N1. The van der Waals surface area contributed by atoms with Gasteiger partial charge in [-0.25, -0.2) is 8.42 Å². The van der Waals surface area contributed by atoms with Crippen LogP contribution in [0.1, 0.15) is 12.5 Å². The summed E-state index contributed by atoms with van der Waals surface area (Å²) in [6, 6.07) is 13.9. The lowest BCUT2D eigenvalue weighted by atomic mass is 10.1. The second-order valence-corrected chi connectivity index (χ2v) is 6.88. The average Bonchev–Trinajstić information content (AvgIpc) is 2.54. The predicted molar refractivity (Wildman–Crippen MR) is 88.6 cm³/mol. The monoisotopic (exact) mass is 331 g/mol. The van der Waals surface area contributed by atoms with Crippen LogP contribution < -0.4 is 15.4 Å². The molecule has 7 heteroatoms. The molecule has 2 aromatic carbocycles. The molecule has 1 atom stereocenters. The number of aryl methyl sites for hydroxylation is 1. The van der Waals surface area contributed by atoms with Crippen molar-refractivity contribution >= 4 is 27.3 Å². The molecule has 1 aliphatic heterocycles. The highest BCUT2D eigenvalue weighted by Gasteiger charge is 2.32. The predicted octanol–water partition coefficient (Wildman–Crippen LogP) is 1.92. The topological polar surface area (TPSA) is 87.3 Å². The maximum absolute atomic E-state index is 12.4. The Kier molecular flexibility index (Phi) is 4.06. The molecule has 1 aliphatic rings. The van der Waals surface area contributed by atoms with Gasteiger partial charge in [0.25, 0.3) is 5.91 Å². The summed E-state index contributed by atoms with van der Waals surface area (Å²) in [6.45, 7) is 1.99. The van der Waals surface area contributed by atoms with Gasteiger partial charge in [-0.1, -0.05) is 37.3 Å². The largest absolute Gasteiger partial charge is 0.360 e. The fourth-order valence-electron chi connectivity index (χ4n) is 2.50. The van der Waals surface area contributed by atoms with E-state index in [1.54, 1.807) is 24.3 Å². The van der Waals surface area contributed by atoms with Gasteiger partial charge in [0.1, 0.15) is 4.90 Å². The van der Waals surface area contributed by atoms with Crippen molar-refractivity contribution in [2.24, 2.45) is 0 Å². The fourth-order valence-corrected chi connectivity index (χ4v) is 3.78. The number of carbonyl (C=O) groups excluding carboxylic acids is 1. The molecule has 0 bridgehead atoms. The van der Waals surface area contributed by atoms with Gasteiger partial charge >= 0.3 is 0 Å². The number of sulfonamides is 1. The Morgan fingerprint density at radius 2 is 1.83 bits per heavy atom. The maximum atomic E-state index is 12.4. The molecule has 0 radical (unpaired) electrons. The quantitative estimate of drug-likeness (QED) is 0.802. The molecule has 0 unspecified atom stereocenters. The second-order valence-electron chi connectivity index (χ2n) is 5.19. The zero-order valence-electron chi connectivity index (χ0n) is 12.5. The van der Waals surface area contributed by atoms with Crippen LogP contribution in [0.4, 0.5) is 11.4 Å². The minimum absolute atomic E-state index is 0.137. The molecular weight excluding hydrogens is 314 g/mol. The molecule has 0 saturated carbocycles. The van der Waals surface area contributed by atoms with E-state index in [0.29, 0.717) is 11.4 Å². The first-order chi connectivity index (χ1) is 11.0. The van der Waals surface area contributed by atoms with E-state index in [9.17, 15) is 13.2 Å². The Balaban J connectivity index is 1.85. The van der Waals surface area contributed by atoms with Crippen LogP contribution >= 0.6 is 0 Å². The first-order valence-corrected chi connectivity index (χ1v) is 8.76. The summed E-state index contributed by atoms with van der Waals surface area (Å²) in [4.78, 5) is 12.6. The fraction of sp³-hybridized carbons (Fsp3) is 0.188. The van der Waals surface area contributed by atoms with E-state index in [1.165, 1.54) is 6.07 Å². The van der Waals surface area contributed by atoms with Gasteiger partial charge in [0, 0.05) is 5.69 Å². The second kappa shape index (κ2) is 6.02. The first kappa shape index (κ1) is 15.5. The van der Waals surface area contributed by atoms with Crippen molar-refractivity contribution in [1.82, 2.24) is 4.72 Å². The Hall–Kier alpha value is -2.38. The van der Waals surface area contributed by atoms with Gasteiger partial charge in [0.05, 0.1) is 5.69 Å². The van der Waals surface area contributed by atoms with E-state index in [0.717, 1.165) is 12.0 Å². The molecule has 3 N–H and O–H groups in total. The van der Waals surface area contributed by atoms with Crippen molar-refractivity contribution in [3.63, 3.8) is 0 Å². The minimum atomic E-state index is -3.72. The summed E-state index contributed by atoms with van der Waals surface area (Å²) in [6.07, 6.45) is -0.289. The minimum Gasteiger partial charge on any atom is -0.360 e. The number of para-hydroxylation sites is 2. The van der Waals surface area contributed by atoms with Gasteiger partial charge < -0.3 is 10.6 Å². The van der Waals surface area contributed by atoms with Crippen molar-refractivity contribution in [3.05, 3.63) is 54.1 Å². The van der Waals surface area contributed by atoms with Gasteiger partial charge in [-0.3, -0.25) is 4.79 Å². The summed E-state index contributed by atoms with van der Waals surface area (Å²) >= 11 is 0. The Morgan fingerprint density at radius 1 is 1.13 bits per heavy atom. The Bertz CT molecular complexity index is 849. The molecule has 0 aliphatic carbocycles. The Morgan fingerprint density at radius 3 is 2.61 bits per heavy atom. The number of amides is 1. The van der Waals surface area contributed by atoms with Crippen molar-refractivity contribution < 1.29 is 13.2 Å². The molecule has 120 valence electrons. The van der Waals surface area contributed by atoms with Crippen molar-refractivity contribution in [2.45, 2.75) is 24.4 Å². The van der Waals surface area contributed by atoms with Gasteiger partial charge in [-0.2, -0.15) is 4.72 Å². The van der Waals surface area contributed by atoms with Gasteiger partial charge in [0.15, 0.2) is 6.17 Å². The summed E-state index contributed by atoms with van der Waals surface area (Å²) in [7, 11) is -3.72. The number of fused-ring (bicyclic) bond motifs is 1. The molecule has 0 aromatic heterocycles. The summed E-state index contributed by atoms with van der Waals surface area (Å²) < 4.78 is 26.8. The molecular formula is C16H17N3O3S. The molecule has 0 spiro atoms.